The van der Waals surface area contributed by atoms with Crippen LogP contribution in [0, 0.1) is 0 Å². The monoisotopic (exact) mass is 279 g/mol. The zero-order chi connectivity index (χ0) is 14.4. The number of nitrogens with two attached hydrogens (primary N) is 1. The number of nitrogens with zero attached hydrogens (tertiary/aromatic N) is 1. The average Bonchev–Trinajstić information content (AvgIpc) is 2.47. The molecule has 6 heteroatoms. The Morgan fingerprint density at radius 3 is 3.15 bits per heavy atom. The van der Waals surface area contributed by atoms with E-state index in [-0.39, 0.29) is 12.0 Å². The molecule has 0 bridgehead atoms. The van der Waals surface area contributed by atoms with Gasteiger partial charge in [-0.15, -0.1) is 0 Å². The van der Waals surface area contributed by atoms with E-state index in [4.69, 9.17) is 10.6 Å². The average molecular weight is 279 g/mol. The maximum Gasteiger partial charge on any atom is 0.265 e. The maximum absolute atomic E-state index is 11.4. The summed E-state index contributed by atoms with van der Waals surface area (Å²) in [7, 11) is 0. The molecule has 1 amide bonds. The lowest BCUT2D eigenvalue weighted by Gasteiger charge is -2.29. The quantitative estimate of drug-likeness (QED) is 0.405. The summed E-state index contributed by atoms with van der Waals surface area (Å²) in [4.78, 5) is 13.6. The molecular weight excluding hydrogens is 258 g/mol. The first-order valence-corrected chi connectivity index (χ1v) is 6.83. The van der Waals surface area contributed by atoms with Gasteiger partial charge in [0.2, 0.25) is 0 Å². The van der Waals surface area contributed by atoms with E-state index in [0.717, 1.165) is 25.9 Å². The van der Waals surface area contributed by atoms with Crippen LogP contribution in [-0.2, 0) is 0 Å². The van der Waals surface area contributed by atoms with Crippen LogP contribution in [0.15, 0.2) is 24.3 Å². The number of nitrogen functional groups attached to an aromatic ring is 1. The van der Waals surface area contributed by atoms with Crippen molar-refractivity contribution in [2.24, 2.45) is 5.84 Å². The fourth-order valence-electron chi connectivity index (χ4n) is 2.34. The number of carbonyl (C=O) groups is 1. The van der Waals surface area contributed by atoms with Crippen molar-refractivity contribution < 1.29 is 14.6 Å². The number of likely N-dealkylation sites (tertiary alicyclic amines) is 1. The highest BCUT2D eigenvalue weighted by atomic mass is 16.5. The number of nitrogens with one attached hydrogen (secondary N) is 1. The third-order valence-electron chi connectivity index (χ3n) is 3.38. The van der Waals surface area contributed by atoms with Crippen molar-refractivity contribution in [2.45, 2.75) is 18.9 Å². The summed E-state index contributed by atoms with van der Waals surface area (Å²) >= 11 is 0. The Kier molecular flexibility index (Phi) is 5.34. The van der Waals surface area contributed by atoms with Crippen LogP contribution >= 0.6 is 0 Å². The minimum Gasteiger partial charge on any atom is -0.492 e. The largest absolute Gasteiger partial charge is 0.492 e. The van der Waals surface area contributed by atoms with E-state index < -0.39 is 0 Å². The normalized spacial score (nSPS) is 19.6. The number of benzene rings is 1. The van der Waals surface area contributed by atoms with Gasteiger partial charge in [0.05, 0.1) is 6.10 Å². The lowest BCUT2D eigenvalue weighted by atomic mass is 10.1. The summed E-state index contributed by atoms with van der Waals surface area (Å²) in [5.74, 6) is 5.40. The second-order valence-electron chi connectivity index (χ2n) is 4.95. The summed E-state index contributed by atoms with van der Waals surface area (Å²) in [6, 6.07) is 6.90. The van der Waals surface area contributed by atoms with Gasteiger partial charge in [0.15, 0.2) is 0 Å². The molecule has 0 aromatic heterocycles. The fourth-order valence-corrected chi connectivity index (χ4v) is 2.34. The van der Waals surface area contributed by atoms with Gasteiger partial charge in [0.1, 0.15) is 12.4 Å². The number of carbonyl (C=O) groups excluding carboxylic acids is 1. The van der Waals surface area contributed by atoms with Gasteiger partial charge in [0, 0.05) is 18.7 Å². The van der Waals surface area contributed by atoms with Gasteiger partial charge < -0.3 is 9.84 Å². The molecule has 1 fully saturated rings. The Hall–Kier alpha value is -1.63. The SMILES string of the molecule is NNC(=O)c1cccc(OCCN2CCCC(O)C2)c1. The number of rotatable bonds is 5. The molecule has 2 rings (SSSR count). The van der Waals surface area contributed by atoms with E-state index in [9.17, 15) is 9.90 Å². The molecule has 6 nitrogen and oxygen atoms in total. The zero-order valence-electron chi connectivity index (χ0n) is 11.4. The molecule has 0 spiro atoms. The van der Waals surface area contributed by atoms with Crippen LogP contribution in [-0.4, -0.2) is 48.3 Å². The molecule has 1 aliphatic heterocycles. The first-order chi connectivity index (χ1) is 9.69. The topological polar surface area (TPSA) is 87.8 Å². The van der Waals surface area contributed by atoms with Crippen molar-refractivity contribution in [1.29, 1.82) is 0 Å². The van der Waals surface area contributed by atoms with Crippen LogP contribution in [0.25, 0.3) is 0 Å². The molecule has 1 aromatic carbocycles. The number of piperidine rings is 1. The highest BCUT2D eigenvalue weighted by Gasteiger charge is 2.17. The number of amides is 1. The van der Waals surface area contributed by atoms with E-state index in [1.54, 1.807) is 24.3 Å². The van der Waals surface area contributed by atoms with Gasteiger partial charge in [0.25, 0.3) is 5.91 Å². The van der Waals surface area contributed by atoms with E-state index in [0.29, 0.717) is 24.5 Å². The third-order valence-corrected chi connectivity index (χ3v) is 3.38. The van der Waals surface area contributed by atoms with Crippen LogP contribution in [0.5, 0.6) is 5.75 Å². The van der Waals surface area contributed by atoms with E-state index in [1.165, 1.54) is 0 Å². The lowest BCUT2D eigenvalue weighted by Crippen LogP contribution is -2.40. The first-order valence-electron chi connectivity index (χ1n) is 6.83. The van der Waals surface area contributed by atoms with Crippen molar-refractivity contribution in [3.8, 4) is 5.75 Å². The molecule has 1 unspecified atom stereocenters. The smallest absolute Gasteiger partial charge is 0.265 e. The van der Waals surface area contributed by atoms with Crippen molar-refractivity contribution in [2.75, 3.05) is 26.2 Å². The standard InChI is InChI=1S/C14H21N3O3/c15-16-14(19)11-3-1-5-13(9-11)20-8-7-17-6-2-4-12(18)10-17/h1,3,5,9,12,18H,2,4,6-8,10,15H2,(H,16,19). The van der Waals surface area contributed by atoms with Gasteiger partial charge in [-0.1, -0.05) is 6.07 Å². The molecule has 0 saturated carbocycles. The molecule has 1 aliphatic rings. The Bertz CT molecular complexity index is 453. The molecule has 20 heavy (non-hydrogen) atoms. The minimum absolute atomic E-state index is 0.222. The molecular formula is C14H21N3O3. The molecule has 1 atom stereocenters. The van der Waals surface area contributed by atoms with Gasteiger partial charge in [-0.05, 0) is 37.6 Å². The van der Waals surface area contributed by atoms with Crippen LogP contribution in [0.4, 0.5) is 0 Å². The summed E-state index contributed by atoms with van der Waals surface area (Å²) in [5, 5.41) is 9.58. The van der Waals surface area contributed by atoms with E-state index >= 15 is 0 Å². The Morgan fingerprint density at radius 2 is 2.40 bits per heavy atom. The molecule has 0 radical (unpaired) electrons. The molecule has 1 aromatic rings. The van der Waals surface area contributed by atoms with Gasteiger partial charge in [-0.3, -0.25) is 15.1 Å². The predicted octanol–water partition coefficient (Wildman–Crippen LogP) is 0.126. The van der Waals surface area contributed by atoms with Crippen molar-refractivity contribution >= 4 is 5.91 Å². The second-order valence-corrected chi connectivity index (χ2v) is 4.95. The summed E-state index contributed by atoms with van der Waals surface area (Å²) in [5.41, 5.74) is 2.56. The highest BCUT2D eigenvalue weighted by molar-refractivity contribution is 5.94. The number of β-amino-alcohol motifs (C(OH)–C–C–N with tert-alkyl or cyclic N) is 1. The van der Waals surface area contributed by atoms with Crippen LogP contribution in [0.1, 0.15) is 23.2 Å². The van der Waals surface area contributed by atoms with Crippen LogP contribution in [0.2, 0.25) is 0 Å². The van der Waals surface area contributed by atoms with Crippen molar-refractivity contribution in [1.82, 2.24) is 10.3 Å². The third kappa shape index (κ3) is 4.19. The van der Waals surface area contributed by atoms with Crippen LogP contribution in [0.3, 0.4) is 0 Å². The minimum atomic E-state index is -0.338. The highest BCUT2D eigenvalue weighted by Crippen LogP contribution is 2.14. The van der Waals surface area contributed by atoms with Gasteiger partial charge in [-0.2, -0.15) is 0 Å². The van der Waals surface area contributed by atoms with Crippen LogP contribution < -0.4 is 16.0 Å². The molecule has 0 aliphatic carbocycles. The van der Waals surface area contributed by atoms with Crippen molar-refractivity contribution in [3.63, 3.8) is 0 Å². The molecule has 1 heterocycles. The maximum atomic E-state index is 11.4. The molecule has 4 N–H and O–H groups in total. The molecule has 1 saturated heterocycles. The summed E-state index contributed by atoms with van der Waals surface area (Å²) in [6.07, 6.45) is 1.68. The van der Waals surface area contributed by atoms with Crippen molar-refractivity contribution in [3.05, 3.63) is 29.8 Å². The zero-order valence-corrected chi connectivity index (χ0v) is 11.4. The van der Waals surface area contributed by atoms with Gasteiger partial charge >= 0.3 is 0 Å². The summed E-state index contributed by atoms with van der Waals surface area (Å²) in [6.45, 7) is 3.00. The molecule has 110 valence electrons. The van der Waals surface area contributed by atoms with E-state index in [2.05, 4.69) is 10.3 Å². The number of ether oxygens (including phenoxy) is 1. The Balaban J connectivity index is 1.80. The second kappa shape index (κ2) is 7.23. The fraction of sp³-hybridized carbons (Fsp3) is 0.500. The predicted molar refractivity (Wildman–Crippen MR) is 75.3 cm³/mol. The Morgan fingerprint density at radius 1 is 1.55 bits per heavy atom. The number of aliphatic hydroxyl groups excluding tert-OH is 1. The first kappa shape index (κ1) is 14.8. The Labute approximate surface area is 118 Å². The number of aliphatic hydroxyl groups is 1. The lowest BCUT2D eigenvalue weighted by molar-refractivity contribution is 0.0632. The number of hydrazine groups is 1. The van der Waals surface area contributed by atoms with E-state index in [1.807, 2.05) is 0 Å². The van der Waals surface area contributed by atoms with Gasteiger partial charge in [-0.25, -0.2) is 5.84 Å². The number of hydrogen-bond donors (Lipinski definition) is 3. The number of hydrogen-bond acceptors (Lipinski definition) is 5. The summed E-state index contributed by atoms with van der Waals surface area (Å²) < 4.78 is 5.64.